The van der Waals surface area contributed by atoms with Gasteiger partial charge in [-0.05, 0) is 35.9 Å². The number of halogens is 2. The molecule has 0 aliphatic heterocycles. The minimum atomic E-state index is -3.69. The maximum atomic E-state index is 13.0. The summed E-state index contributed by atoms with van der Waals surface area (Å²) in [6.45, 7) is -0.228. The van der Waals surface area contributed by atoms with E-state index in [2.05, 4.69) is 5.32 Å². The Morgan fingerprint density at radius 2 is 1.79 bits per heavy atom. The lowest BCUT2D eigenvalue weighted by Gasteiger charge is -2.22. The highest BCUT2D eigenvalue weighted by Crippen LogP contribution is 2.18. The summed E-state index contributed by atoms with van der Waals surface area (Å²) >= 11 is 6.00. The Balaban J connectivity index is 2.08. The molecule has 0 saturated heterocycles. The van der Waals surface area contributed by atoms with Crippen LogP contribution in [0.2, 0.25) is 5.02 Å². The molecule has 0 spiro atoms. The van der Waals surface area contributed by atoms with Crippen LogP contribution in [0.25, 0.3) is 0 Å². The van der Waals surface area contributed by atoms with Crippen LogP contribution < -0.4 is 9.62 Å². The lowest BCUT2D eigenvalue weighted by atomic mass is 10.2. The first-order valence-corrected chi connectivity index (χ1v) is 9.23. The van der Waals surface area contributed by atoms with E-state index < -0.39 is 28.3 Å². The molecule has 128 valence electrons. The van der Waals surface area contributed by atoms with Gasteiger partial charge in [-0.3, -0.25) is 9.10 Å². The Labute approximate surface area is 145 Å². The Kier molecular flexibility index (Phi) is 5.80. The fourth-order valence-electron chi connectivity index (χ4n) is 2.03. The summed E-state index contributed by atoms with van der Waals surface area (Å²) in [5, 5.41) is 3.13. The van der Waals surface area contributed by atoms with Crippen LogP contribution in [0.3, 0.4) is 0 Å². The molecule has 1 amide bonds. The summed E-state index contributed by atoms with van der Waals surface area (Å²) < 4.78 is 37.7. The number of nitrogens with zero attached hydrogens (tertiary/aromatic N) is 1. The lowest BCUT2D eigenvalue weighted by Crippen LogP contribution is -2.40. The molecule has 8 heteroatoms. The SMILES string of the molecule is CS(=O)(=O)N(CC(=O)NCc1ccccc1Cl)c1ccc(F)cc1. The molecule has 0 bridgehead atoms. The average molecular weight is 371 g/mol. The van der Waals surface area contributed by atoms with Gasteiger partial charge in [-0.25, -0.2) is 12.8 Å². The fourth-order valence-corrected chi connectivity index (χ4v) is 3.09. The highest BCUT2D eigenvalue weighted by molar-refractivity contribution is 7.92. The second-order valence-electron chi connectivity index (χ2n) is 5.11. The van der Waals surface area contributed by atoms with Crippen molar-refractivity contribution in [2.24, 2.45) is 0 Å². The summed E-state index contributed by atoms with van der Waals surface area (Å²) in [6, 6.07) is 11.9. The van der Waals surface area contributed by atoms with Crippen LogP contribution in [0, 0.1) is 5.82 Å². The van der Waals surface area contributed by atoms with Crippen molar-refractivity contribution in [1.29, 1.82) is 0 Å². The Morgan fingerprint density at radius 3 is 2.38 bits per heavy atom. The number of carbonyl (C=O) groups excluding carboxylic acids is 1. The van der Waals surface area contributed by atoms with Gasteiger partial charge < -0.3 is 5.32 Å². The quantitative estimate of drug-likeness (QED) is 0.849. The van der Waals surface area contributed by atoms with E-state index >= 15 is 0 Å². The first kappa shape index (κ1) is 18.2. The van der Waals surface area contributed by atoms with Crippen molar-refractivity contribution in [3.05, 3.63) is 64.9 Å². The summed E-state index contributed by atoms with van der Waals surface area (Å²) in [6.07, 6.45) is 0.984. The molecule has 0 radical (unpaired) electrons. The molecule has 0 atom stereocenters. The number of sulfonamides is 1. The van der Waals surface area contributed by atoms with Gasteiger partial charge in [0, 0.05) is 11.6 Å². The highest BCUT2D eigenvalue weighted by atomic mass is 35.5. The van der Waals surface area contributed by atoms with Crippen molar-refractivity contribution in [3.63, 3.8) is 0 Å². The number of benzene rings is 2. The molecule has 0 aromatic heterocycles. The number of hydrogen-bond donors (Lipinski definition) is 1. The van der Waals surface area contributed by atoms with Crippen LogP contribution in [0.15, 0.2) is 48.5 Å². The molecule has 0 fully saturated rings. The number of rotatable bonds is 6. The molecular weight excluding hydrogens is 355 g/mol. The third-order valence-electron chi connectivity index (χ3n) is 3.24. The minimum Gasteiger partial charge on any atom is -0.350 e. The fraction of sp³-hybridized carbons (Fsp3) is 0.188. The van der Waals surface area contributed by atoms with Crippen LogP contribution in [0.4, 0.5) is 10.1 Å². The van der Waals surface area contributed by atoms with Gasteiger partial charge in [-0.2, -0.15) is 0 Å². The second kappa shape index (κ2) is 7.63. The number of anilines is 1. The predicted molar refractivity (Wildman–Crippen MR) is 91.9 cm³/mol. The minimum absolute atomic E-state index is 0.180. The molecule has 2 aromatic rings. The van der Waals surface area contributed by atoms with Crippen LogP contribution in [0.5, 0.6) is 0 Å². The molecule has 2 aromatic carbocycles. The van der Waals surface area contributed by atoms with Gasteiger partial charge in [-0.1, -0.05) is 29.8 Å². The maximum absolute atomic E-state index is 13.0. The predicted octanol–water partition coefficient (Wildman–Crippen LogP) is 2.56. The van der Waals surface area contributed by atoms with E-state index in [9.17, 15) is 17.6 Å². The molecular formula is C16H16ClFN2O3S. The standard InChI is InChI=1S/C16H16ClFN2O3S/c1-24(22,23)20(14-8-6-13(18)7-9-14)11-16(21)19-10-12-4-2-3-5-15(12)17/h2-9H,10-11H2,1H3,(H,19,21). The zero-order valence-corrected chi connectivity index (χ0v) is 14.4. The van der Waals surface area contributed by atoms with Gasteiger partial charge in [-0.15, -0.1) is 0 Å². The van der Waals surface area contributed by atoms with E-state index in [0.29, 0.717) is 5.02 Å². The summed E-state index contributed by atoms with van der Waals surface area (Å²) in [4.78, 5) is 12.1. The van der Waals surface area contributed by atoms with E-state index in [4.69, 9.17) is 11.6 Å². The van der Waals surface area contributed by atoms with Gasteiger partial charge >= 0.3 is 0 Å². The Hall–Kier alpha value is -2.12. The zero-order valence-electron chi connectivity index (χ0n) is 12.9. The van der Waals surface area contributed by atoms with Crippen molar-refractivity contribution in [3.8, 4) is 0 Å². The van der Waals surface area contributed by atoms with E-state index in [1.807, 2.05) is 0 Å². The molecule has 0 aliphatic rings. The van der Waals surface area contributed by atoms with Crippen molar-refractivity contribution in [2.75, 3.05) is 17.1 Å². The smallest absolute Gasteiger partial charge is 0.241 e. The van der Waals surface area contributed by atoms with Gasteiger partial charge in [0.25, 0.3) is 0 Å². The Morgan fingerprint density at radius 1 is 1.17 bits per heavy atom. The van der Waals surface area contributed by atoms with Gasteiger partial charge in [0.05, 0.1) is 11.9 Å². The third kappa shape index (κ3) is 4.94. The number of amides is 1. The number of nitrogens with one attached hydrogen (secondary N) is 1. The molecule has 0 saturated carbocycles. The molecule has 1 N–H and O–H groups in total. The number of carbonyl (C=O) groups is 1. The van der Waals surface area contributed by atoms with Crippen molar-refractivity contribution >= 4 is 33.2 Å². The molecule has 24 heavy (non-hydrogen) atoms. The van der Waals surface area contributed by atoms with Crippen LogP contribution in [-0.4, -0.2) is 27.1 Å². The molecule has 0 unspecified atom stereocenters. The first-order valence-electron chi connectivity index (χ1n) is 7.01. The maximum Gasteiger partial charge on any atom is 0.241 e. The van der Waals surface area contributed by atoms with Crippen molar-refractivity contribution < 1.29 is 17.6 Å². The second-order valence-corrected chi connectivity index (χ2v) is 7.43. The number of hydrogen-bond acceptors (Lipinski definition) is 3. The zero-order chi connectivity index (χ0) is 17.7. The van der Waals surface area contributed by atoms with E-state index in [-0.39, 0.29) is 12.2 Å². The molecule has 0 aliphatic carbocycles. The lowest BCUT2D eigenvalue weighted by molar-refractivity contribution is -0.119. The van der Waals surface area contributed by atoms with Gasteiger partial charge in [0.1, 0.15) is 12.4 Å². The highest BCUT2D eigenvalue weighted by Gasteiger charge is 2.20. The normalized spacial score (nSPS) is 11.1. The van der Waals surface area contributed by atoms with Crippen LogP contribution in [0.1, 0.15) is 5.56 Å². The van der Waals surface area contributed by atoms with Crippen LogP contribution in [-0.2, 0) is 21.4 Å². The van der Waals surface area contributed by atoms with Crippen molar-refractivity contribution in [2.45, 2.75) is 6.54 Å². The van der Waals surface area contributed by atoms with Crippen LogP contribution >= 0.6 is 11.6 Å². The average Bonchev–Trinajstić information content (AvgIpc) is 2.52. The van der Waals surface area contributed by atoms with Gasteiger partial charge in [0.15, 0.2) is 0 Å². The molecule has 5 nitrogen and oxygen atoms in total. The topological polar surface area (TPSA) is 66.5 Å². The van der Waals surface area contributed by atoms with Crippen molar-refractivity contribution in [1.82, 2.24) is 5.32 Å². The Bertz CT molecular complexity index is 825. The monoisotopic (exact) mass is 370 g/mol. The largest absolute Gasteiger partial charge is 0.350 e. The first-order chi connectivity index (χ1) is 11.3. The van der Waals surface area contributed by atoms with E-state index in [1.54, 1.807) is 24.3 Å². The molecule has 0 heterocycles. The summed E-state index contributed by atoms with van der Waals surface area (Å²) in [7, 11) is -3.69. The van der Waals surface area contributed by atoms with Gasteiger partial charge in [0.2, 0.25) is 15.9 Å². The summed E-state index contributed by atoms with van der Waals surface area (Å²) in [5.74, 6) is -0.986. The van der Waals surface area contributed by atoms with E-state index in [0.717, 1.165) is 28.3 Å². The molecule has 2 rings (SSSR count). The summed E-state index contributed by atoms with van der Waals surface area (Å²) in [5.41, 5.74) is 0.937. The van der Waals surface area contributed by atoms with E-state index in [1.165, 1.54) is 12.1 Å². The third-order valence-corrected chi connectivity index (χ3v) is 4.75.